The molecule has 1 nitrogen and oxygen atoms in total. The van der Waals surface area contributed by atoms with Gasteiger partial charge >= 0.3 is 8.32 Å². The fraction of sp³-hybridized carbons (Fsp3) is 1.00. The minimum atomic E-state index is -1.36. The van der Waals surface area contributed by atoms with Crippen LogP contribution in [0.5, 0.6) is 0 Å². The number of hydrogen-bond donors (Lipinski definition) is 0. The molecule has 0 bridgehead atoms. The molecule has 0 aliphatic carbocycles. The quantitative estimate of drug-likeness (QED) is 0.385. The summed E-state index contributed by atoms with van der Waals surface area (Å²) in [5, 5.41) is 0. The van der Waals surface area contributed by atoms with Gasteiger partial charge < -0.3 is 4.80 Å². The van der Waals surface area contributed by atoms with Crippen molar-refractivity contribution in [2.24, 2.45) is 0 Å². The van der Waals surface area contributed by atoms with Crippen LogP contribution in [0.25, 0.3) is 0 Å². The largest absolute Gasteiger partial charge is 0.542 e. The van der Waals surface area contributed by atoms with Gasteiger partial charge in [0.05, 0.1) is 0 Å². The van der Waals surface area contributed by atoms with E-state index in [1.54, 1.807) is 0 Å². The van der Waals surface area contributed by atoms with Crippen molar-refractivity contribution in [1.29, 1.82) is 0 Å². The first kappa shape index (κ1) is 12.4. The lowest BCUT2D eigenvalue weighted by Gasteiger charge is -1.92. The smallest absolute Gasteiger partial charge is 0.374 e. The summed E-state index contributed by atoms with van der Waals surface area (Å²) >= 11 is -0.139. The molecular formula is C6H20AlOSi+. The SMILES string of the molecule is C[Si](C)(C)[OH2+].[CH3][Al]([CH3])[CH3]. The fourth-order valence-electron chi connectivity index (χ4n) is 0. The van der Waals surface area contributed by atoms with Crippen LogP contribution in [-0.4, -0.2) is 27.3 Å². The first-order valence-electron chi connectivity index (χ1n) is 3.48. The van der Waals surface area contributed by atoms with Gasteiger partial charge in [-0.15, -0.1) is 17.4 Å². The molecular weight excluding hydrogens is 143 g/mol. The van der Waals surface area contributed by atoms with Crippen molar-refractivity contribution in [2.45, 2.75) is 37.0 Å². The van der Waals surface area contributed by atoms with E-state index in [1.165, 1.54) is 0 Å². The highest BCUT2D eigenvalue weighted by Gasteiger charge is 2.15. The van der Waals surface area contributed by atoms with Gasteiger partial charge in [0.15, 0.2) is 0 Å². The van der Waals surface area contributed by atoms with E-state index in [2.05, 4.69) is 17.4 Å². The Kier molecular flexibility index (Phi) is 7.56. The predicted octanol–water partition coefficient (Wildman–Crippen LogP) is 1.92. The third-order valence-corrected chi connectivity index (χ3v) is 0. The van der Waals surface area contributed by atoms with Crippen LogP contribution in [0, 0.1) is 0 Å². The van der Waals surface area contributed by atoms with Crippen LogP contribution in [0.15, 0.2) is 0 Å². The van der Waals surface area contributed by atoms with Crippen LogP contribution in [0.2, 0.25) is 37.0 Å². The topological polar surface area (TPSA) is 22.9 Å². The van der Waals surface area contributed by atoms with Crippen molar-refractivity contribution in [3.05, 3.63) is 0 Å². The minimum absolute atomic E-state index is 0.139. The molecule has 9 heavy (non-hydrogen) atoms. The molecule has 0 rings (SSSR count). The molecule has 0 aromatic carbocycles. The molecule has 0 amide bonds. The Labute approximate surface area is 64.6 Å². The van der Waals surface area contributed by atoms with Crippen molar-refractivity contribution < 1.29 is 4.80 Å². The van der Waals surface area contributed by atoms with E-state index in [0.717, 1.165) is 0 Å². The van der Waals surface area contributed by atoms with Crippen LogP contribution in [0.4, 0.5) is 0 Å². The van der Waals surface area contributed by atoms with Crippen molar-refractivity contribution in [3.8, 4) is 0 Å². The summed E-state index contributed by atoms with van der Waals surface area (Å²) in [7, 11) is -1.36. The van der Waals surface area contributed by atoms with Crippen molar-refractivity contribution in [3.63, 3.8) is 0 Å². The molecule has 2 N–H and O–H groups in total. The van der Waals surface area contributed by atoms with E-state index in [1.807, 2.05) is 19.6 Å². The zero-order chi connectivity index (χ0) is 8.08. The molecule has 0 aromatic rings. The Bertz CT molecular complexity index is 49.8. The zero-order valence-electron chi connectivity index (χ0n) is 7.58. The summed E-state index contributed by atoms with van der Waals surface area (Å²) in [4.78, 5) is 7.08. The average molecular weight is 163 g/mol. The molecule has 0 aliphatic rings. The summed E-state index contributed by atoms with van der Waals surface area (Å²) in [6.45, 7) is 5.98. The van der Waals surface area contributed by atoms with Crippen LogP contribution >= 0.6 is 0 Å². The minimum Gasteiger partial charge on any atom is -0.542 e. The van der Waals surface area contributed by atoms with Gasteiger partial charge in [0.1, 0.15) is 0 Å². The van der Waals surface area contributed by atoms with Gasteiger partial charge in [-0.2, -0.15) is 0 Å². The molecule has 0 saturated heterocycles. The standard InChI is InChI=1S/C3H10OSi.3CH3.Al/c1-5(2,3)4;;;;/h4H,1-3H3;3*1H3;/p+1. The second kappa shape index (κ2) is 5.49. The fourth-order valence-corrected chi connectivity index (χ4v) is 0. The lowest BCUT2D eigenvalue weighted by Crippen LogP contribution is -2.17. The highest BCUT2D eigenvalue weighted by Crippen LogP contribution is 1.88. The molecule has 3 heteroatoms. The maximum absolute atomic E-state index is 7.08. The second-order valence-electron chi connectivity index (χ2n) is 3.98. The van der Waals surface area contributed by atoms with Gasteiger partial charge in [-0.3, -0.25) is 0 Å². The predicted molar refractivity (Wildman–Crippen MR) is 50.3 cm³/mol. The Morgan fingerprint density at radius 3 is 1.00 bits per heavy atom. The van der Waals surface area contributed by atoms with Crippen LogP contribution in [-0.2, 0) is 0 Å². The molecule has 0 atom stereocenters. The third kappa shape index (κ3) is 779. The van der Waals surface area contributed by atoms with Crippen LogP contribution in [0.1, 0.15) is 0 Å². The maximum atomic E-state index is 7.08. The van der Waals surface area contributed by atoms with Crippen molar-refractivity contribution >= 4 is 22.5 Å². The van der Waals surface area contributed by atoms with Crippen LogP contribution in [0.3, 0.4) is 0 Å². The summed E-state index contributed by atoms with van der Waals surface area (Å²) in [5.41, 5.74) is 0. The summed E-state index contributed by atoms with van der Waals surface area (Å²) in [5.74, 6) is 6.92. The van der Waals surface area contributed by atoms with E-state index in [9.17, 15) is 0 Å². The Morgan fingerprint density at radius 2 is 1.00 bits per heavy atom. The van der Waals surface area contributed by atoms with Crippen molar-refractivity contribution in [2.75, 3.05) is 0 Å². The first-order chi connectivity index (χ1) is 3.73. The maximum Gasteiger partial charge on any atom is 0.374 e. The van der Waals surface area contributed by atoms with Gasteiger partial charge in [0, 0.05) is 19.6 Å². The zero-order valence-corrected chi connectivity index (χ0v) is 9.73. The summed E-state index contributed by atoms with van der Waals surface area (Å²) < 4.78 is 0. The van der Waals surface area contributed by atoms with Gasteiger partial charge in [-0.1, -0.05) is 0 Å². The molecule has 0 aliphatic heterocycles. The van der Waals surface area contributed by atoms with Gasteiger partial charge in [0.25, 0.3) is 14.1 Å². The van der Waals surface area contributed by atoms with Gasteiger partial charge in [-0.05, 0) is 0 Å². The first-order valence-corrected chi connectivity index (χ1v) is 10.4. The van der Waals surface area contributed by atoms with E-state index >= 15 is 0 Å². The summed E-state index contributed by atoms with van der Waals surface area (Å²) in [6, 6.07) is 0. The van der Waals surface area contributed by atoms with Crippen molar-refractivity contribution in [1.82, 2.24) is 0 Å². The van der Waals surface area contributed by atoms with Crippen LogP contribution < -0.4 is 0 Å². The Hall–Kier alpha value is 0.709. The lowest BCUT2D eigenvalue weighted by atomic mass is 11.8. The van der Waals surface area contributed by atoms with E-state index in [-0.39, 0.29) is 14.1 Å². The highest BCUT2D eigenvalue weighted by atomic mass is 28.4. The van der Waals surface area contributed by atoms with E-state index in [0.29, 0.717) is 0 Å². The van der Waals surface area contributed by atoms with E-state index < -0.39 is 8.32 Å². The monoisotopic (exact) mass is 163 g/mol. The molecule has 56 valence electrons. The number of rotatable bonds is 0. The molecule has 0 radical (unpaired) electrons. The average Bonchev–Trinajstić information content (AvgIpc) is 1.19. The van der Waals surface area contributed by atoms with E-state index in [4.69, 9.17) is 4.80 Å². The Balaban J connectivity index is 0. The molecule has 0 heterocycles. The number of hydrogen-bond acceptors (Lipinski definition) is 0. The molecule has 0 spiro atoms. The van der Waals surface area contributed by atoms with Gasteiger partial charge in [-0.25, -0.2) is 0 Å². The Morgan fingerprint density at radius 1 is 1.00 bits per heavy atom. The lowest BCUT2D eigenvalue weighted by molar-refractivity contribution is 0.561. The second-order valence-corrected chi connectivity index (χ2v) is 11.9. The highest BCUT2D eigenvalue weighted by molar-refractivity contribution is 6.68. The molecule has 0 unspecified atom stereocenters. The third-order valence-electron chi connectivity index (χ3n) is 0. The molecule has 0 fully saturated rings. The van der Waals surface area contributed by atoms with Gasteiger partial charge in [0.2, 0.25) is 0 Å². The molecule has 0 saturated carbocycles. The molecule has 0 aromatic heterocycles. The normalized spacial score (nSPS) is 9.67. The summed E-state index contributed by atoms with van der Waals surface area (Å²) in [6.07, 6.45) is 0.